The standard InChI is InChI=1S/C22H23NO2S/c1-6-18-21(14(2)3)23-20-11-10-16(25-5)13-19(20)22(18)26-17-9-7-8-15(12-17)24-4/h6-14H,1H2,2-5H3. The van der Waals surface area contributed by atoms with Gasteiger partial charge in [-0.25, -0.2) is 0 Å². The van der Waals surface area contributed by atoms with E-state index in [4.69, 9.17) is 14.5 Å². The summed E-state index contributed by atoms with van der Waals surface area (Å²) in [6.07, 6.45) is 1.91. The molecule has 0 bridgehead atoms. The average Bonchev–Trinajstić information content (AvgIpc) is 2.67. The second-order valence-electron chi connectivity index (χ2n) is 6.26. The van der Waals surface area contributed by atoms with Crippen molar-refractivity contribution in [3.8, 4) is 11.5 Å². The molecule has 0 aliphatic rings. The van der Waals surface area contributed by atoms with Gasteiger partial charge >= 0.3 is 0 Å². The SMILES string of the molecule is C=Cc1c(C(C)C)nc2ccc(OC)cc2c1Sc1cccc(OC)c1. The first-order valence-electron chi connectivity index (χ1n) is 8.53. The lowest BCUT2D eigenvalue weighted by molar-refractivity contribution is 0.413. The van der Waals surface area contributed by atoms with Crippen molar-refractivity contribution in [3.05, 3.63) is 60.3 Å². The van der Waals surface area contributed by atoms with Gasteiger partial charge in [-0.1, -0.05) is 44.3 Å². The summed E-state index contributed by atoms with van der Waals surface area (Å²) in [5.41, 5.74) is 3.10. The molecule has 1 heterocycles. The van der Waals surface area contributed by atoms with E-state index >= 15 is 0 Å². The van der Waals surface area contributed by atoms with Gasteiger partial charge in [0.25, 0.3) is 0 Å². The van der Waals surface area contributed by atoms with Gasteiger partial charge in [0.1, 0.15) is 11.5 Å². The molecule has 0 aliphatic heterocycles. The number of fused-ring (bicyclic) bond motifs is 1. The van der Waals surface area contributed by atoms with Gasteiger partial charge in [0.05, 0.1) is 25.4 Å². The molecule has 0 fully saturated rings. The van der Waals surface area contributed by atoms with Gasteiger partial charge in [-0.05, 0) is 42.3 Å². The molecule has 0 unspecified atom stereocenters. The zero-order chi connectivity index (χ0) is 18.7. The number of aromatic nitrogens is 1. The fourth-order valence-electron chi connectivity index (χ4n) is 2.90. The number of nitrogens with zero attached hydrogens (tertiary/aromatic N) is 1. The highest BCUT2D eigenvalue weighted by Gasteiger charge is 2.17. The summed E-state index contributed by atoms with van der Waals surface area (Å²) in [7, 11) is 3.36. The molecule has 3 rings (SSSR count). The molecule has 134 valence electrons. The van der Waals surface area contributed by atoms with Crippen LogP contribution >= 0.6 is 11.8 Å². The Morgan fingerprint density at radius 2 is 1.77 bits per heavy atom. The fraction of sp³-hybridized carbons (Fsp3) is 0.227. The highest BCUT2D eigenvalue weighted by atomic mass is 32.2. The van der Waals surface area contributed by atoms with Gasteiger partial charge in [0.15, 0.2) is 0 Å². The van der Waals surface area contributed by atoms with Crippen molar-refractivity contribution in [2.45, 2.75) is 29.6 Å². The average molecular weight is 365 g/mol. The Morgan fingerprint density at radius 3 is 2.42 bits per heavy atom. The van der Waals surface area contributed by atoms with Crippen LogP contribution in [0.5, 0.6) is 11.5 Å². The normalized spacial score (nSPS) is 11.0. The van der Waals surface area contributed by atoms with Gasteiger partial charge in [0, 0.05) is 20.7 Å². The summed E-state index contributed by atoms with van der Waals surface area (Å²) in [6, 6.07) is 14.1. The lowest BCUT2D eigenvalue weighted by Gasteiger charge is -2.17. The van der Waals surface area contributed by atoms with Crippen LogP contribution in [0, 0.1) is 0 Å². The smallest absolute Gasteiger partial charge is 0.119 e. The Hall–Kier alpha value is -2.46. The molecule has 4 heteroatoms. The molecule has 0 saturated carbocycles. The maximum Gasteiger partial charge on any atom is 0.119 e. The van der Waals surface area contributed by atoms with Crippen molar-refractivity contribution in [1.29, 1.82) is 0 Å². The molecule has 0 aliphatic carbocycles. The van der Waals surface area contributed by atoms with E-state index in [9.17, 15) is 0 Å². The zero-order valence-corrected chi connectivity index (χ0v) is 16.4. The van der Waals surface area contributed by atoms with E-state index in [0.717, 1.165) is 43.5 Å². The predicted octanol–water partition coefficient (Wildman–Crippen LogP) is 6.17. The third-order valence-electron chi connectivity index (χ3n) is 4.22. The van der Waals surface area contributed by atoms with Gasteiger partial charge in [0.2, 0.25) is 0 Å². The van der Waals surface area contributed by atoms with Crippen LogP contribution in [-0.2, 0) is 0 Å². The van der Waals surface area contributed by atoms with Crippen molar-refractivity contribution in [3.63, 3.8) is 0 Å². The first-order chi connectivity index (χ1) is 12.6. The van der Waals surface area contributed by atoms with E-state index in [2.05, 4.69) is 26.5 Å². The molecule has 1 aromatic heterocycles. The Bertz CT molecular complexity index is 950. The summed E-state index contributed by atoms with van der Waals surface area (Å²) < 4.78 is 10.8. The summed E-state index contributed by atoms with van der Waals surface area (Å²) in [5, 5.41) is 1.07. The summed E-state index contributed by atoms with van der Waals surface area (Å²) >= 11 is 1.70. The number of benzene rings is 2. The molecule has 3 nitrogen and oxygen atoms in total. The van der Waals surface area contributed by atoms with Crippen molar-refractivity contribution >= 4 is 28.7 Å². The summed E-state index contributed by atoms with van der Waals surface area (Å²) in [5.74, 6) is 1.97. The largest absolute Gasteiger partial charge is 0.497 e. The van der Waals surface area contributed by atoms with E-state index in [0.29, 0.717) is 5.92 Å². The third-order valence-corrected chi connectivity index (χ3v) is 5.36. The number of ether oxygens (including phenoxy) is 2. The number of hydrogen-bond donors (Lipinski definition) is 0. The van der Waals surface area contributed by atoms with E-state index < -0.39 is 0 Å². The number of hydrogen-bond acceptors (Lipinski definition) is 4. The number of rotatable bonds is 6. The van der Waals surface area contributed by atoms with Crippen LogP contribution in [0.2, 0.25) is 0 Å². The molecule has 0 amide bonds. The number of pyridine rings is 1. The lowest BCUT2D eigenvalue weighted by atomic mass is 10.0. The monoisotopic (exact) mass is 365 g/mol. The molecule has 26 heavy (non-hydrogen) atoms. The van der Waals surface area contributed by atoms with Crippen LogP contribution in [0.1, 0.15) is 31.0 Å². The second kappa shape index (κ2) is 7.83. The van der Waals surface area contributed by atoms with Crippen LogP contribution in [-0.4, -0.2) is 19.2 Å². The first-order valence-corrected chi connectivity index (χ1v) is 9.35. The van der Waals surface area contributed by atoms with Crippen LogP contribution in [0.15, 0.2) is 58.8 Å². The van der Waals surface area contributed by atoms with E-state index in [1.807, 2.05) is 42.5 Å². The maximum absolute atomic E-state index is 5.43. The fourth-order valence-corrected chi connectivity index (χ4v) is 4.03. The van der Waals surface area contributed by atoms with Crippen molar-refractivity contribution in [1.82, 2.24) is 4.98 Å². The number of methoxy groups -OCH3 is 2. The Morgan fingerprint density at radius 1 is 1.04 bits per heavy atom. The zero-order valence-electron chi connectivity index (χ0n) is 15.6. The first kappa shape index (κ1) is 18.3. The quantitative estimate of drug-likeness (QED) is 0.523. The molecule has 0 N–H and O–H groups in total. The molecule has 3 aromatic rings. The second-order valence-corrected chi connectivity index (χ2v) is 7.35. The molecule has 0 saturated heterocycles. The van der Waals surface area contributed by atoms with E-state index in [-0.39, 0.29) is 0 Å². The minimum Gasteiger partial charge on any atom is -0.497 e. The minimum absolute atomic E-state index is 0.305. The molecule has 0 spiro atoms. The van der Waals surface area contributed by atoms with E-state index in [1.54, 1.807) is 26.0 Å². The molecule has 0 atom stereocenters. The Balaban J connectivity index is 2.26. The van der Waals surface area contributed by atoms with Crippen molar-refractivity contribution < 1.29 is 9.47 Å². The van der Waals surface area contributed by atoms with Crippen molar-refractivity contribution in [2.75, 3.05) is 14.2 Å². The summed E-state index contributed by atoms with van der Waals surface area (Å²) in [4.78, 5) is 7.14. The van der Waals surface area contributed by atoms with Gasteiger partial charge < -0.3 is 9.47 Å². The van der Waals surface area contributed by atoms with Gasteiger partial charge in [-0.2, -0.15) is 0 Å². The molecule has 2 aromatic carbocycles. The highest BCUT2D eigenvalue weighted by molar-refractivity contribution is 7.99. The lowest BCUT2D eigenvalue weighted by Crippen LogP contribution is -2.00. The topological polar surface area (TPSA) is 31.4 Å². The molecular weight excluding hydrogens is 342 g/mol. The van der Waals surface area contributed by atoms with Crippen LogP contribution in [0.4, 0.5) is 0 Å². The predicted molar refractivity (Wildman–Crippen MR) is 110 cm³/mol. The van der Waals surface area contributed by atoms with Gasteiger partial charge in [-0.15, -0.1) is 0 Å². The van der Waals surface area contributed by atoms with Crippen LogP contribution < -0.4 is 9.47 Å². The molecular formula is C22H23NO2S. The Kier molecular flexibility index (Phi) is 5.52. The third kappa shape index (κ3) is 3.56. The highest BCUT2D eigenvalue weighted by Crippen LogP contribution is 2.41. The van der Waals surface area contributed by atoms with Crippen LogP contribution in [0.25, 0.3) is 17.0 Å². The molecule has 0 radical (unpaired) electrons. The summed E-state index contributed by atoms with van der Waals surface area (Å²) in [6.45, 7) is 8.36. The van der Waals surface area contributed by atoms with Gasteiger partial charge in [-0.3, -0.25) is 4.98 Å². The Labute approximate surface area is 159 Å². The van der Waals surface area contributed by atoms with E-state index in [1.165, 1.54) is 0 Å². The van der Waals surface area contributed by atoms with Crippen molar-refractivity contribution in [2.24, 2.45) is 0 Å². The minimum atomic E-state index is 0.305. The maximum atomic E-state index is 5.43. The van der Waals surface area contributed by atoms with Crippen LogP contribution in [0.3, 0.4) is 0 Å².